The van der Waals surface area contributed by atoms with Crippen molar-refractivity contribution in [3.05, 3.63) is 89.5 Å². The topological polar surface area (TPSA) is 27.7 Å². The maximum absolute atomic E-state index is 6.86. The van der Waals surface area contributed by atoms with Gasteiger partial charge in [-0.05, 0) is 0 Å². The van der Waals surface area contributed by atoms with E-state index < -0.39 is 7.94 Å². The second kappa shape index (κ2) is 12.1. The van der Waals surface area contributed by atoms with E-state index in [2.05, 4.69) is 52.8 Å². The second-order valence-electron chi connectivity index (χ2n) is 8.91. The molecule has 0 saturated carbocycles. The number of benzene rings is 3. The molecule has 0 heterocycles. The molecule has 0 aromatic heterocycles. The molecule has 0 aliphatic rings. The van der Waals surface area contributed by atoms with Crippen LogP contribution in [0.1, 0.15) is 56.2 Å². The molecule has 0 saturated heterocycles. The van der Waals surface area contributed by atoms with Crippen LogP contribution < -0.4 is 13.6 Å². The molecule has 3 aromatic carbocycles. The molecule has 0 bridgehead atoms. The van der Waals surface area contributed by atoms with Crippen LogP contribution in [0.2, 0.25) is 0 Å². The Morgan fingerprint density at radius 3 is 1.36 bits per heavy atom. The van der Waals surface area contributed by atoms with E-state index in [0.717, 1.165) is 52.9 Å². The first-order chi connectivity index (χ1) is 16.0. The quantitative estimate of drug-likeness (QED) is 0.250. The van der Waals surface area contributed by atoms with Gasteiger partial charge in [0.05, 0.1) is 0 Å². The van der Waals surface area contributed by atoms with Gasteiger partial charge >= 0.3 is 201 Å². The fraction of sp³-hybridized carbons (Fsp3) is 0.379. The van der Waals surface area contributed by atoms with Crippen molar-refractivity contribution in [2.24, 2.45) is 5.92 Å². The Balaban J connectivity index is 2.09. The van der Waals surface area contributed by atoms with Crippen LogP contribution in [-0.4, -0.2) is 6.16 Å². The fourth-order valence-electron chi connectivity index (χ4n) is 4.00. The predicted molar refractivity (Wildman–Crippen MR) is 142 cm³/mol. The van der Waals surface area contributed by atoms with Gasteiger partial charge in [0.15, 0.2) is 0 Å². The van der Waals surface area contributed by atoms with Crippen molar-refractivity contribution in [2.45, 2.75) is 60.3 Å². The maximum atomic E-state index is 6.86. The molecular weight excluding hydrogens is 427 g/mol. The Bertz CT molecular complexity index is 901. The summed E-state index contributed by atoms with van der Waals surface area (Å²) in [5.41, 5.74) is 3.24. The van der Waals surface area contributed by atoms with Gasteiger partial charge in [0.2, 0.25) is 0 Å². The van der Waals surface area contributed by atoms with Gasteiger partial charge in [-0.3, -0.25) is 0 Å². The van der Waals surface area contributed by atoms with Crippen molar-refractivity contribution in [3.63, 3.8) is 0 Å². The molecule has 3 rings (SSSR count). The minimum atomic E-state index is -3.25. The third-order valence-corrected chi connectivity index (χ3v) is 8.83. The Morgan fingerprint density at radius 1 is 0.636 bits per heavy atom. The molecule has 3 aromatic rings. The molecule has 0 radical (unpaired) electrons. The third kappa shape index (κ3) is 6.98. The average molecular weight is 467 g/mol. The zero-order valence-corrected chi connectivity index (χ0v) is 21.8. The van der Waals surface area contributed by atoms with E-state index >= 15 is 0 Å². The molecule has 3 nitrogen and oxygen atoms in total. The van der Waals surface area contributed by atoms with E-state index in [0.29, 0.717) is 5.92 Å². The van der Waals surface area contributed by atoms with Crippen molar-refractivity contribution < 1.29 is 13.6 Å². The molecule has 178 valence electrons. The van der Waals surface area contributed by atoms with Gasteiger partial charge in [-0.1, -0.05) is 0 Å². The molecule has 0 aliphatic heterocycles. The monoisotopic (exact) mass is 466 g/mol. The van der Waals surface area contributed by atoms with E-state index in [1.165, 1.54) is 12.8 Å². The van der Waals surface area contributed by atoms with Crippen LogP contribution >= 0.6 is 7.94 Å². The predicted octanol–water partition coefficient (Wildman–Crippen LogP) is 8.86. The van der Waals surface area contributed by atoms with Crippen LogP contribution in [0.15, 0.2) is 72.8 Å². The van der Waals surface area contributed by atoms with Crippen LogP contribution in [0.3, 0.4) is 0 Å². The number of unbranched alkanes of at least 4 members (excludes halogenated alkanes) is 1. The van der Waals surface area contributed by atoms with Crippen molar-refractivity contribution >= 4 is 7.94 Å². The summed E-state index contributed by atoms with van der Waals surface area (Å²) in [4.78, 5) is 0. The number of para-hydroxylation sites is 3. The molecule has 33 heavy (non-hydrogen) atoms. The summed E-state index contributed by atoms with van der Waals surface area (Å²) < 4.78 is 20.6. The summed E-state index contributed by atoms with van der Waals surface area (Å²) in [6.45, 7) is 10.7. The molecule has 4 heteroatoms. The second-order valence-corrected chi connectivity index (χ2v) is 11.3. The minimum absolute atomic E-state index is 0.466. The van der Waals surface area contributed by atoms with Gasteiger partial charge in [0.1, 0.15) is 0 Å². The summed E-state index contributed by atoms with van der Waals surface area (Å²) in [6.07, 6.45) is 5.36. The van der Waals surface area contributed by atoms with Crippen LogP contribution in [-0.2, 0) is 0 Å². The van der Waals surface area contributed by atoms with Crippen LogP contribution in [0, 0.1) is 26.7 Å². The number of rotatable bonds is 12. The zero-order chi connectivity index (χ0) is 23.7. The van der Waals surface area contributed by atoms with Gasteiger partial charge in [-0.15, -0.1) is 0 Å². The Labute approximate surface area is 200 Å². The Kier molecular flexibility index (Phi) is 9.21. The summed E-state index contributed by atoms with van der Waals surface area (Å²) >= 11 is 0. The van der Waals surface area contributed by atoms with E-state index in [9.17, 15) is 0 Å². The summed E-state index contributed by atoms with van der Waals surface area (Å²) in [5.74, 6) is 2.96. The third-order valence-electron chi connectivity index (χ3n) is 6.16. The van der Waals surface area contributed by atoms with Crippen molar-refractivity contribution in [1.29, 1.82) is 0 Å². The van der Waals surface area contributed by atoms with E-state index in [1.807, 2.05) is 54.6 Å². The standard InChI is InChI=1S/C29H39O3P/c1-6-8-18-26(7-2)22-33(30-27-19-12-9-15-23(27)3,31-28-20-13-10-16-24(28)4)32-29-21-14-11-17-25(29)5/h9-17,19-21,26,33H,6-8,18,22H2,1-5H3. The molecule has 1 atom stereocenters. The molecular formula is C29H39O3P. The van der Waals surface area contributed by atoms with Crippen molar-refractivity contribution in [1.82, 2.24) is 0 Å². The van der Waals surface area contributed by atoms with Gasteiger partial charge in [-0.25, -0.2) is 0 Å². The first kappa shape index (κ1) is 25.1. The normalized spacial score (nSPS) is 12.8. The molecule has 0 amide bonds. The van der Waals surface area contributed by atoms with Crippen molar-refractivity contribution in [3.8, 4) is 17.2 Å². The fourth-order valence-corrected chi connectivity index (χ4v) is 7.27. The summed E-state index contributed by atoms with van der Waals surface area (Å²) in [6, 6.07) is 24.4. The Hall–Kier alpha value is -2.51. The van der Waals surface area contributed by atoms with Crippen LogP contribution in [0.5, 0.6) is 17.2 Å². The average Bonchev–Trinajstić information content (AvgIpc) is 2.81. The molecule has 0 N–H and O–H groups in total. The van der Waals surface area contributed by atoms with Gasteiger partial charge in [0, 0.05) is 0 Å². The van der Waals surface area contributed by atoms with Crippen molar-refractivity contribution in [2.75, 3.05) is 6.16 Å². The van der Waals surface area contributed by atoms with Gasteiger partial charge in [-0.2, -0.15) is 0 Å². The van der Waals surface area contributed by atoms with E-state index in [-0.39, 0.29) is 0 Å². The number of hydrogen-bond donors (Lipinski definition) is 0. The SMILES string of the molecule is CCCCC(CC)C[PH](Oc1ccccc1C)(Oc1ccccc1C)Oc1ccccc1C. The number of hydrogen-bond acceptors (Lipinski definition) is 3. The van der Waals surface area contributed by atoms with E-state index in [4.69, 9.17) is 13.6 Å². The first-order valence-electron chi connectivity index (χ1n) is 12.2. The molecule has 0 aliphatic carbocycles. The molecule has 0 spiro atoms. The molecule has 0 fully saturated rings. The molecule has 1 unspecified atom stereocenters. The van der Waals surface area contributed by atoms with Crippen LogP contribution in [0.25, 0.3) is 0 Å². The van der Waals surface area contributed by atoms with E-state index in [1.54, 1.807) is 0 Å². The first-order valence-corrected chi connectivity index (χ1v) is 14.1. The number of aryl methyl sites for hydroxylation is 3. The van der Waals surface area contributed by atoms with Crippen LogP contribution in [0.4, 0.5) is 0 Å². The van der Waals surface area contributed by atoms with Gasteiger partial charge < -0.3 is 0 Å². The summed E-state index contributed by atoms with van der Waals surface area (Å²) in [7, 11) is -3.25. The Morgan fingerprint density at radius 2 is 1.03 bits per heavy atom. The van der Waals surface area contributed by atoms with Gasteiger partial charge in [0.25, 0.3) is 0 Å². The summed E-state index contributed by atoms with van der Waals surface area (Å²) in [5, 5.41) is 0. The zero-order valence-electron chi connectivity index (χ0n) is 20.8.